The van der Waals surface area contributed by atoms with Crippen LogP contribution >= 0.6 is 11.3 Å². The van der Waals surface area contributed by atoms with Gasteiger partial charge in [-0.3, -0.25) is 0 Å². The lowest BCUT2D eigenvalue weighted by Crippen LogP contribution is -2.06. The van der Waals surface area contributed by atoms with Crippen LogP contribution in [0.1, 0.15) is 11.1 Å². The third-order valence-corrected chi connectivity index (χ3v) is 3.88. The van der Waals surface area contributed by atoms with Gasteiger partial charge in [-0.05, 0) is 30.5 Å². The van der Waals surface area contributed by atoms with Gasteiger partial charge in [0, 0.05) is 19.9 Å². The van der Waals surface area contributed by atoms with Crippen molar-refractivity contribution >= 4 is 16.5 Å². The molecule has 18 heavy (non-hydrogen) atoms. The lowest BCUT2D eigenvalue weighted by atomic mass is 10.1. The molecule has 1 aromatic carbocycles. The molecule has 1 N–H and O–H groups in total. The Morgan fingerprint density at radius 3 is 2.83 bits per heavy atom. The fraction of sp³-hybridized carbons (Fsp3) is 0.357. The first-order chi connectivity index (χ1) is 8.70. The summed E-state index contributed by atoms with van der Waals surface area (Å²) in [7, 11) is 1.70. The predicted octanol–water partition coefficient (Wildman–Crippen LogP) is 3.49. The van der Waals surface area contributed by atoms with Gasteiger partial charge in [0.05, 0.1) is 11.5 Å². The molecule has 0 amide bonds. The minimum Gasteiger partial charge on any atom is -0.383 e. The average molecular weight is 262 g/mol. The van der Waals surface area contributed by atoms with Gasteiger partial charge in [-0.1, -0.05) is 29.5 Å². The van der Waals surface area contributed by atoms with Crippen LogP contribution in [0.2, 0.25) is 0 Å². The summed E-state index contributed by atoms with van der Waals surface area (Å²) < 4.78 is 5.00. The monoisotopic (exact) mass is 262 g/mol. The van der Waals surface area contributed by atoms with E-state index in [0.717, 1.165) is 11.7 Å². The first kappa shape index (κ1) is 13.1. The molecule has 0 aliphatic heterocycles. The lowest BCUT2D eigenvalue weighted by molar-refractivity contribution is 0.211. The van der Waals surface area contributed by atoms with E-state index in [1.807, 2.05) is 6.20 Å². The summed E-state index contributed by atoms with van der Waals surface area (Å²) in [5, 5.41) is 4.19. The molecular weight excluding hydrogens is 244 g/mol. The maximum atomic E-state index is 5.00. The number of hydrogen-bond acceptors (Lipinski definition) is 4. The van der Waals surface area contributed by atoms with Crippen LogP contribution in [0, 0.1) is 13.8 Å². The number of nitrogens with zero attached hydrogens (tertiary/aromatic N) is 1. The molecule has 0 saturated carbocycles. The predicted molar refractivity (Wildman–Crippen MR) is 77.4 cm³/mol. The Bertz CT molecular complexity index is 522. The number of anilines is 1. The summed E-state index contributed by atoms with van der Waals surface area (Å²) in [4.78, 5) is 5.56. The molecule has 2 rings (SSSR count). The molecule has 1 heterocycles. The zero-order valence-electron chi connectivity index (χ0n) is 11.0. The second-order valence-corrected chi connectivity index (χ2v) is 5.28. The summed E-state index contributed by atoms with van der Waals surface area (Å²) in [6, 6.07) is 6.51. The summed E-state index contributed by atoms with van der Waals surface area (Å²) >= 11 is 1.67. The van der Waals surface area contributed by atoms with Crippen LogP contribution in [-0.4, -0.2) is 25.2 Å². The van der Waals surface area contributed by atoms with Crippen molar-refractivity contribution in [3.05, 3.63) is 35.5 Å². The molecule has 96 valence electrons. The number of methoxy groups -OCH3 is 1. The Morgan fingerprint density at radius 2 is 2.11 bits per heavy atom. The van der Waals surface area contributed by atoms with Gasteiger partial charge in [0.2, 0.25) is 0 Å². The van der Waals surface area contributed by atoms with Crippen LogP contribution in [0.25, 0.3) is 10.4 Å². The van der Waals surface area contributed by atoms with Crippen LogP contribution in [0.4, 0.5) is 5.13 Å². The van der Waals surface area contributed by atoms with Crippen LogP contribution < -0.4 is 5.32 Å². The fourth-order valence-electron chi connectivity index (χ4n) is 1.64. The molecule has 0 aliphatic carbocycles. The Morgan fingerprint density at radius 1 is 1.28 bits per heavy atom. The minimum atomic E-state index is 0.693. The highest BCUT2D eigenvalue weighted by Crippen LogP contribution is 2.29. The number of ether oxygens (including phenoxy) is 1. The van der Waals surface area contributed by atoms with Crippen molar-refractivity contribution in [1.82, 2.24) is 4.98 Å². The van der Waals surface area contributed by atoms with E-state index in [4.69, 9.17) is 4.74 Å². The standard InChI is InChI=1S/C14H18N2OS/c1-10-4-5-12(8-11(10)2)13-9-16-14(18-13)15-6-7-17-3/h4-5,8-9H,6-7H2,1-3H3,(H,15,16). The molecule has 0 fully saturated rings. The SMILES string of the molecule is COCCNc1ncc(-c2ccc(C)c(C)c2)s1. The molecule has 0 saturated heterocycles. The largest absolute Gasteiger partial charge is 0.383 e. The van der Waals surface area contributed by atoms with Gasteiger partial charge in [-0.25, -0.2) is 4.98 Å². The van der Waals surface area contributed by atoms with E-state index in [-0.39, 0.29) is 0 Å². The maximum absolute atomic E-state index is 5.00. The normalized spacial score (nSPS) is 10.6. The van der Waals surface area contributed by atoms with Crippen molar-refractivity contribution in [2.75, 3.05) is 25.6 Å². The van der Waals surface area contributed by atoms with Crippen LogP contribution in [0.15, 0.2) is 24.4 Å². The lowest BCUT2D eigenvalue weighted by Gasteiger charge is -2.02. The number of rotatable bonds is 5. The molecule has 4 heteroatoms. The summed E-state index contributed by atoms with van der Waals surface area (Å²) in [6.45, 7) is 5.75. The molecule has 0 atom stereocenters. The topological polar surface area (TPSA) is 34.1 Å². The van der Waals surface area contributed by atoms with E-state index in [0.29, 0.717) is 6.61 Å². The Labute approximate surface area is 112 Å². The first-order valence-corrected chi connectivity index (χ1v) is 6.78. The van der Waals surface area contributed by atoms with Gasteiger partial charge in [-0.2, -0.15) is 0 Å². The van der Waals surface area contributed by atoms with Crippen molar-refractivity contribution in [2.24, 2.45) is 0 Å². The van der Waals surface area contributed by atoms with E-state index >= 15 is 0 Å². The highest BCUT2D eigenvalue weighted by molar-refractivity contribution is 7.18. The maximum Gasteiger partial charge on any atom is 0.183 e. The second kappa shape index (κ2) is 5.98. The molecule has 0 aliphatic rings. The fourth-order valence-corrected chi connectivity index (χ4v) is 2.48. The smallest absolute Gasteiger partial charge is 0.183 e. The summed E-state index contributed by atoms with van der Waals surface area (Å²) in [6.07, 6.45) is 1.92. The zero-order chi connectivity index (χ0) is 13.0. The number of nitrogens with one attached hydrogen (secondary N) is 1. The quantitative estimate of drug-likeness (QED) is 0.838. The zero-order valence-corrected chi connectivity index (χ0v) is 11.8. The van der Waals surface area contributed by atoms with E-state index in [1.165, 1.54) is 21.6 Å². The van der Waals surface area contributed by atoms with Crippen LogP contribution in [0.5, 0.6) is 0 Å². The Balaban J connectivity index is 2.11. The second-order valence-electron chi connectivity index (χ2n) is 4.25. The molecule has 0 radical (unpaired) electrons. The van der Waals surface area contributed by atoms with Gasteiger partial charge in [0.15, 0.2) is 5.13 Å². The molecule has 3 nitrogen and oxygen atoms in total. The van der Waals surface area contributed by atoms with E-state index in [2.05, 4.69) is 42.3 Å². The van der Waals surface area contributed by atoms with Crippen molar-refractivity contribution in [3.63, 3.8) is 0 Å². The van der Waals surface area contributed by atoms with E-state index in [9.17, 15) is 0 Å². The van der Waals surface area contributed by atoms with Crippen molar-refractivity contribution < 1.29 is 4.74 Å². The average Bonchev–Trinajstić information content (AvgIpc) is 2.82. The molecule has 2 aromatic rings. The van der Waals surface area contributed by atoms with Crippen molar-refractivity contribution in [1.29, 1.82) is 0 Å². The molecular formula is C14H18N2OS. The molecule has 1 aromatic heterocycles. The third-order valence-electron chi connectivity index (χ3n) is 2.88. The number of aryl methyl sites for hydroxylation is 2. The molecule has 0 unspecified atom stereocenters. The first-order valence-electron chi connectivity index (χ1n) is 5.97. The Kier molecular flexibility index (Phi) is 4.33. The highest BCUT2D eigenvalue weighted by Gasteiger charge is 2.05. The number of aromatic nitrogens is 1. The van der Waals surface area contributed by atoms with Gasteiger partial charge in [-0.15, -0.1) is 0 Å². The van der Waals surface area contributed by atoms with Crippen LogP contribution in [0.3, 0.4) is 0 Å². The summed E-state index contributed by atoms with van der Waals surface area (Å²) in [5.74, 6) is 0. The van der Waals surface area contributed by atoms with Gasteiger partial charge >= 0.3 is 0 Å². The van der Waals surface area contributed by atoms with E-state index in [1.54, 1.807) is 18.4 Å². The van der Waals surface area contributed by atoms with Crippen molar-refractivity contribution in [2.45, 2.75) is 13.8 Å². The number of thiazole rings is 1. The number of benzene rings is 1. The summed E-state index contributed by atoms with van der Waals surface area (Å²) in [5.41, 5.74) is 3.87. The Hall–Kier alpha value is -1.39. The minimum absolute atomic E-state index is 0.693. The molecule has 0 bridgehead atoms. The van der Waals surface area contributed by atoms with Gasteiger partial charge < -0.3 is 10.1 Å². The van der Waals surface area contributed by atoms with Crippen molar-refractivity contribution in [3.8, 4) is 10.4 Å². The van der Waals surface area contributed by atoms with Gasteiger partial charge in [0.1, 0.15) is 0 Å². The van der Waals surface area contributed by atoms with Gasteiger partial charge in [0.25, 0.3) is 0 Å². The third kappa shape index (κ3) is 3.09. The van der Waals surface area contributed by atoms with E-state index < -0.39 is 0 Å². The highest BCUT2D eigenvalue weighted by atomic mass is 32.1. The molecule has 0 spiro atoms. The number of hydrogen-bond donors (Lipinski definition) is 1. The van der Waals surface area contributed by atoms with Crippen LogP contribution in [-0.2, 0) is 4.74 Å².